The molecule has 0 saturated carbocycles. The molecule has 0 heterocycles. The highest BCUT2D eigenvalue weighted by Crippen LogP contribution is 2.23. The molecule has 0 aromatic rings. The minimum atomic E-state index is -0.582. The summed E-state index contributed by atoms with van der Waals surface area (Å²) in [6.07, 6.45) is 15.6. The summed E-state index contributed by atoms with van der Waals surface area (Å²) in [5.74, 6) is -0.137. The lowest BCUT2D eigenvalue weighted by Crippen LogP contribution is -2.17. The summed E-state index contributed by atoms with van der Waals surface area (Å²) in [4.78, 5) is 11.3. The minimum absolute atomic E-state index is 0.114. The van der Waals surface area contributed by atoms with Gasteiger partial charge < -0.3 is 5.11 Å². The molecule has 2 atom stereocenters. The van der Waals surface area contributed by atoms with Crippen molar-refractivity contribution in [3.63, 3.8) is 0 Å². The van der Waals surface area contributed by atoms with Gasteiger partial charge in [-0.1, -0.05) is 91.4 Å². The molecule has 2 nitrogen and oxygen atoms in total. The number of aliphatic carboxylic acids is 1. The Morgan fingerprint density at radius 3 is 1.86 bits per heavy atom. The van der Waals surface area contributed by atoms with Gasteiger partial charge in [0.1, 0.15) is 0 Å². The second-order valence-electron chi connectivity index (χ2n) is 6.78. The zero-order chi connectivity index (χ0) is 15.9. The van der Waals surface area contributed by atoms with Crippen LogP contribution in [0.2, 0.25) is 0 Å². The lowest BCUT2D eigenvalue weighted by Gasteiger charge is -2.17. The summed E-state index contributed by atoms with van der Waals surface area (Å²) in [6, 6.07) is 0. The van der Waals surface area contributed by atoms with Gasteiger partial charge in [0.2, 0.25) is 0 Å². The Labute approximate surface area is 132 Å². The van der Waals surface area contributed by atoms with E-state index in [9.17, 15) is 9.90 Å². The van der Waals surface area contributed by atoms with E-state index >= 15 is 0 Å². The summed E-state index contributed by atoms with van der Waals surface area (Å²) < 4.78 is 0. The van der Waals surface area contributed by atoms with Gasteiger partial charge in [-0.05, 0) is 18.8 Å². The molecule has 0 fully saturated rings. The van der Waals surface area contributed by atoms with Crippen LogP contribution in [0.5, 0.6) is 0 Å². The molecular weight excluding hydrogens is 260 g/mol. The summed E-state index contributed by atoms with van der Waals surface area (Å²) in [7, 11) is 0. The average Bonchev–Trinajstić information content (AvgIpc) is 2.45. The number of hydrogen-bond acceptors (Lipinski definition) is 1. The second kappa shape index (κ2) is 14.4. The fraction of sp³-hybridized carbons (Fsp3) is 0.947. The van der Waals surface area contributed by atoms with Crippen LogP contribution in [0.15, 0.2) is 0 Å². The Kier molecular flexibility index (Phi) is 14.0. The van der Waals surface area contributed by atoms with E-state index in [2.05, 4.69) is 20.8 Å². The number of unbranched alkanes of at least 4 members (excludes halogenated alkanes) is 8. The Bertz CT molecular complexity index is 238. The van der Waals surface area contributed by atoms with Crippen LogP contribution < -0.4 is 0 Å². The largest absolute Gasteiger partial charge is 0.481 e. The molecule has 0 saturated heterocycles. The van der Waals surface area contributed by atoms with Crippen LogP contribution in [0, 0.1) is 11.8 Å². The van der Waals surface area contributed by atoms with Crippen molar-refractivity contribution in [1.82, 2.24) is 0 Å². The molecule has 2 unspecified atom stereocenters. The maximum Gasteiger partial charge on any atom is 0.306 e. The first-order valence-electron chi connectivity index (χ1n) is 9.34. The number of rotatable bonds is 15. The topological polar surface area (TPSA) is 37.3 Å². The van der Waals surface area contributed by atoms with Crippen molar-refractivity contribution < 1.29 is 9.90 Å². The van der Waals surface area contributed by atoms with Crippen LogP contribution in [0.1, 0.15) is 104 Å². The monoisotopic (exact) mass is 298 g/mol. The third kappa shape index (κ3) is 12.9. The fourth-order valence-electron chi connectivity index (χ4n) is 3.04. The summed E-state index contributed by atoms with van der Waals surface area (Å²) >= 11 is 0. The Hall–Kier alpha value is -0.530. The van der Waals surface area contributed by atoms with Gasteiger partial charge in [-0.15, -0.1) is 0 Å². The molecule has 0 bridgehead atoms. The highest BCUT2D eigenvalue weighted by Gasteiger charge is 2.19. The third-order valence-electron chi connectivity index (χ3n) is 4.49. The number of carboxylic acid groups (broad SMARTS) is 1. The van der Waals surface area contributed by atoms with Gasteiger partial charge in [0.15, 0.2) is 0 Å². The van der Waals surface area contributed by atoms with Crippen molar-refractivity contribution in [1.29, 1.82) is 0 Å². The Morgan fingerprint density at radius 1 is 0.810 bits per heavy atom. The van der Waals surface area contributed by atoms with Gasteiger partial charge >= 0.3 is 5.97 Å². The molecule has 0 rings (SSSR count). The predicted octanol–water partition coefficient (Wildman–Crippen LogP) is 6.43. The van der Waals surface area contributed by atoms with Crippen LogP contribution in [-0.2, 0) is 4.79 Å². The van der Waals surface area contributed by atoms with Gasteiger partial charge in [-0.2, -0.15) is 0 Å². The van der Waals surface area contributed by atoms with E-state index in [1.165, 1.54) is 64.2 Å². The molecule has 0 aromatic heterocycles. The van der Waals surface area contributed by atoms with Crippen LogP contribution in [-0.4, -0.2) is 11.1 Å². The molecule has 2 heteroatoms. The predicted molar refractivity (Wildman–Crippen MR) is 91.7 cm³/mol. The molecule has 0 aliphatic carbocycles. The molecule has 0 aromatic carbocycles. The van der Waals surface area contributed by atoms with E-state index in [-0.39, 0.29) is 5.92 Å². The summed E-state index contributed by atoms with van der Waals surface area (Å²) in [5, 5.41) is 9.35. The average molecular weight is 299 g/mol. The van der Waals surface area contributed by atoms with E-state index < -0.39 is 5.97 Å². The highest BCUT2D eigenvalue weighted by atomic mass is 16.4. The molecule has 1 N–H and O–H groups in total. The van der Waals surface area contributed by atoms with Gasteiger partial charge in [-0.25, -0.2) is 0 Å². The quantitative estimate of drug-likeness (QED) is 0.353. The zero-order valence-corrected chi connectivity index (χ0v) is 14.7. The first-order chi connectivity index (χ1) is 10.1. The third-order valence-corrected chi connectivity index (χ3v) is 4.49. The molecule has 0 aliphatic heterocycles. The van der Waals surface area contributed by atoms with Crippen molar-refractivity contribution in [2.45, 2.75) is 104 Å². The van der Waals surface area contributed by atoms with Crippen LogP contribution >= 0.6 is 0 Å². The van der Waals surface area contributed by atoms with E-state index in [4.69, 9.17) is 0 Å². The summed E-state index contributed by atoms with van der Waals surface area (Å²) in [6.45, 7) is 6.67. The van der Waals surface area contributed by atoms with Crippen LogP contribution in [0.3, 0.4) is 0 Å². The van der Waals surface area contributed by atoms with Crippen molar-refractivity contribution in [3.05, 3.63) is 0 Å². The van der Waals surface area contributed by atoms with Crippen molar-refractivity contribution in [3.8, 4) is 0 Å². The number of carboxylic acids is 1. The fourth-order valence-corrected chi connectivity index (χ4v) is 3.04. The Balaban J connectivity index is 3.74. The van der Waals surface area contributed by atoms with Crippen LogP contribution in [0.4, 0.5) is 0 Å². The van der Waals surface area contributed by atoms with Crippen molar-refractivity contribution >= 4 is 5.97 Å². The SMILES string of the molecule is CCCCCCCCC(C)CC(CCCCCC)C(=O)O. The van der Waals surface area contributed by atoms with Gasteiger partial charge in [0.05, 0.1) is 5.92 Å². The maximum absolute atomic E-state index is 11.3. The maximum atomic E-state index is 11.3. The van der Waals surface area contributed by atoms with Gasteiger partial charge in [0, 0.05) is 0 Å². The molecule has 21 heavy (non-hydrogen) atoms. The first kappa shape index (κ1) is 20.5. The molecule has 126 valence electrons. The zero-order valence-electron chi connectivity index (χ0n) is 14.7. The molecular formula is C19H38O2. The smallest absolute Gasteiger partial charge is 0.306 e. The van der Waals surface area contributed by atoms with E-state index in [1.54, 1.807) is 0 Å². The lowest BCUT2D eigenvalue weighted by molar-refractivity contribution is -0.142. The molecule has 0 spiro atoms. The van der Waals surface area contributed by atoms with E-state index in [0.29, 0.717) is 5.92 Å². The van der Waals surface area contributed by atoms with Crippen LogP contribution in [0.25, 0.3) is 0 Å². The van der Waals surface area contributed by atoms with Gasteiger partial charge in [0.25, 0.3) is 0 Å². The summed E-state index contributed by atoms with van der Waals surface area (Å²) in [5.41, 5.74) is 0. The molecule has 0 aliphatic rings. The van der Waals surface area contributed by atoms with Crippen molar-refractivity contribution in [2.24, 2.45) is 11.8 Å². The van der Waals surface area contributed by atoms with Crippen molar-refractivity contribution in [2.75, 3.05) is 0 Å². The first-order valence-corrected chi connectivity index (χ1v) is 9.34. The minimum Gasteiger partial charge on any atom is -0.481 e. The van der Waals surface area contributed by atoms with E-state index in [1.807, 2.05) is 0 Å². The number of carbonyl (C=O) groups is 1. The second-order valence-corrected chi connectivity index (χ2v) is 6.78. The Morgan fingerprint density at radius 2 is 1.29 bits per heavy atom. The highest BCUT2D eigenvalue weighted by molar-refractivity contribution is 5.69. The molecule has 0 amide bonds. The number of hydrogen-bond donors (Lipinski definition) is 1. The molecule has 0 radical (unpaired) electrons. The van der Waals surface area contributed by atoms with Gasteiger partial charge in [-0.3, -0.25) is 4.79 Å². The lowest BCUT2D eigenvalue weighted by atomic mass is 9.88. The normalized spacial score (nSPS) is 14.0. The van der Waals surface area contributed by atoms with E-state index in [0.717, 1.165) is 19.3 Å². The standard InChI is InChI=1S/C19H38O2/c1-4-6-8-10-11-12-14-17(3)16-18(19(20)21)15-13-9-7-5-2/h17-18H,4-16H2,1-3H3,(H,20,21).